The minimum atomic E-state index is -5.08. The Morgan fingerprint density at radius 2 is 1.83 bits per heavy atom. The molecule has 2 saturated heterocycles. The minimum Gasteiger partial charge on any atom is -0.489 e. The van der Waals surface area contributed by atoms with E-state index in [2.05, 4.69) is 30.0 Å². The molecule has 20 nitrogen and oxygen atoms in total. The Hall–Kier alpha value is -5.37. The van der Waals surface area contributed by atoms with Crippen LogP contribution >= 0.6 is 11.3 Å². The summed E-state index contributed by atoms with van der Waals surface area (Å²) in [5.74, 6) is -5.01. The van der Waals surface area contributed by atoms with Gasteiger partial charge in [-0.05, 0) is 44.2 Å². The van der Waals surface area contributed by atoms with E-state index in [0.29, 0.717) is 10.8 Å². The molecule has 5 rings (SSSR count). The van der Waals surface area contributed by atoms with Crippen molar-refractivity contribution >= 4 is 73.1 Å². The lowest BCUT2D eigenvalue weighted by atomic mass is 9.84. The number of carbonyl (C=O) groups is 4. The zero-order chi connectivity index (χ0) is 39.3. The van der Waals surface area contributed by atoms with E-state index in [1.807, 2.05) is 12.1 Å². The molecule has 2 amide bonds. The first-order valence-electron chi connectivity index (χ1n) is 15.0. The first-order chi connectivity index (χ1) is 24.7. The summed E-state index contributed by atoms with van der Waals surface area (Å²) >= 11 is 0.963. The number of hydroxylamine groups is 2. The highest BCUT2D eigenvalue weighted by molar-refractivity contribution is 7.80. The Labute approximate surface area is 301 Å². The van der Waals surface area contributed by atoms with E-state index in [0.717, 1.165) is 54.2 Å². The Balaban J connectivity index is 0.000000815. The van der Waals surface area contributed by atoms with Crippen LogP contribution in [0.25, 0.3) is 10.9 Å². The van der Waals surface area contributed by atoms with Gasteiger partial charge in [0.15, 0.2) is 10.8 Å². The molecule has 0 radical (unpaired) electrons. The molecule has 3 aromatic rings. The molecule has 0 aliphatic carbocycles. The predicted molar refractivity (Wildman–Crippen MR) is 177 cm³/mol. The van der Waals surface area contributed by atoms with Crippen LogP contribution in [-0.4, -0.2) is 124 Å². The van der Waals surface area contributed by atoms with Gasteiger partial charge < -0.3 is 41.1 Å². The van der Waals surface area contributed by atoms with Crippen LogP contribution in [0.5, 0.6) is 5.75 Å². The number of ether oxygens (including phenoxy) is 1. The van der Waals surface area contributed by atoms with Crippen LogP contribution in [0.1, 0.15) is 19.5 Å². The van der Waals surface area contributed by atoms with E-state index in [-0.39, 0.29) is 10.8 Å². The van der Waals surface area contributed by atoms with Crippen molar-refractivity contribution in [2.24, 2.45) is 5.16 Å². The number of hydrogen-bond donors (Lipinski definition) is 6. The van der Waals surface area contributed by atoms with Gasteiger partial charge in [-0.15, -0.1) is 15.6 Å². The van der Waals surface area contributed by atoms with Crippen LogP contribution in [0.15, 0.2) is 40.9 Å². The summed E-state index contributed by atoms with van der Waals surface area (Å²) in [5, 5.41) is 28.9. The lowest BCUT2D eigenvalue weighted by Gasteiger charge is -2.50. The third kappa shape index (κ3) is 10.4. The Kier molecular flexibility index (Phi) is 12.3. The molecule has 2 aromatic heterocycles. The van der Waals surface area contributed by atoms with Gasteiger partial charge in [0, 0.05) is 36.9 Å². The quantitative estimate of drug-likeness (QED) is 0.0627. The van der Waals surface area contributed by atoms with Gasteiger partial charge in [-0.25, -0.2) is 19.6 Å². The van der Waals surface area contributed by atoms with Crippen molar-refractivity contribution in [3.05, 3.63) is 41.4 Å². The summed E-state index contributed by atoms with van der Waals surface area (Å²) in [6.07, 6.45) is -6.76. The second-order valence-corrected chi connectivity index (χ2v) is 13.4. The van der Waals surface area contributed by atoms with E-state index in [1.54, 1.807) is 18.2 Å². The van der Waals surface area contributed by atoms with E-state index >= 15 is 0 Å². The fourth-order valence-electron chi connectivity index (χ4n) is 4.71. The topological polar surface area (TPSA) is 286 Å². The van der Waals surface area contributed by atoms with Crippen LogP contribution in [0.4, 0.5) is 24.1 Å². The molecule has 53 heavy (non-hydrogen) atoms. The number of fused-ring (bicyclic) bond motifs is 1. The molecule has 1 unspecified atom stereocenters. The van der Waals surface area contributed by atoms with Crippen molar-refractivity contribution in [3.8, 4) is 5.75 Å². The number of β-lactam (4-membered cyclic amide) rings is 1. The largest absolute Gasteiger partial charge is 0.490 e. The van der Waals surface area contributed by atoms with Crippen LogP contribution < -0.4 is 26.0 Å². The van der Waals surface area contributed by atoms with E-state index < -0.39 is 70.3 Å². The number of aromatic nitrogens is 2. The van der Waals surface area contributed by atoms with Crippen molar-refractivity contribution in [2.45, 2.75) is 37.7 Å². The number of nitrogens with one attached hydrogen (secondary N) is 2. The molecule has 2 atom stereocenters. The summed E-state index contributed by atoms with van der Waals surface area (Å²) in [5.41, 5.74) is 4.41. The van der Waals surface area contributed by atoms with Crippen molar-refractivity contribution in [2.75, 3.05) is 43.4 Å². The number of nitrogens with two attached hydrogens (primary N) is 1. The number of oxime groups is 1. The smallest absolute Gasteiger partial charge is 0.489 e. The predicted octanol–water partition coefficient (Wildman–Crippen LogP) is 0.409. The summed E-state index contributed by atoms with van der Waals surface area (Å²) in [7, 11) is -5.01. The molecular weight excluding hydrogens is 761 g/mol. The SMILES string of the molecule is CC1(C)[C@H](NC(=O)/C(=N\OC(COc2ccc3nc(N4CCNCC4)ccc3c2)C(=O)O)c2csc(N)n2)C(=O)N1OS(=O)(=O)O.O=C(O)C(F)(F)F. The maximum atomic E-state index is 13.2. The second-order valence-electron chi connectivity index (χ2n) is 11.5. The zero-order valence-electron chi connectivity index (χ0n) is 27.4. The van der Waals surface area contributed by atoms with Gasteiger partial charge in [-0.2, -0.15) is 26.7 Å². The number of carboxylic acids is 2. The number of halogens is 3. The van der Waals surface area contributed by atoms with Crippen LogP contribution in [0, 0.1) is 0 Å². The Bertz CT molecular complexity index is 2010. The molecule has 0 spiro atoms. The van der Waals surface area contributed by atoms with Gasteiger partial charge in [0.2, 0.25) is 0 Å². The lowest BCUT2D eigenvalue weighted by molar-refractivity contribution is -0.218. The molecule has 2 aliphatic rings. The molecule has 25 heteroatoms. The maximum absolute atomic E-state index is 13.2. The molecule has 2 aliphatic heterocycles. The summed E-state index contributed by atoms with van der Waals surface area (Å²) in [6.45, 7) is 5.67. The molecule has 7 N–H and O–H groups in total. The molecule has 0 bridgehead atoms. The van der Waals surface area contributed by atoms with Crippen molar-refractivity contribution in [1.82, 2.24) is 25.7 Å². The number of benzene rings is 1. The van der Waals surface area contributed by atoms with E-state index in [1.165, 1.54) is 19.2 Å². The van der Waals surface area contributed by atoms with Gasteiger partial charge in [0.05, 0.1) is 11.1 Å². The van der Waals surface area contributed by atoms with Gasteiger partial charge in [-0.1, -0.05) is 5.16 Å². The molecule has 288 valence electrons. The number of anilines is 2. The number of alkyl halides is 3. The monoisotopic (exact) mass is 792 g/mol. The van der Waals surface area contributed by atoms with Crippen LogP contribution in [0.3, 0.4) is 0 Å². The van der Waals surface area contributed by atoms with Gasteiger partial charge >= 0.3 is 28.5 Å². The Morgan fingerprint density at radius 1 is 1.17 bits per heavy atom. The fraction of sp³-hybridized carbons (Fsp3) is 0.393. The zero-order valence-corrected chi connectivity index (χ0v) is 29.1. The molecular formula is C28H31F3N8O12S2. The average Bonchev–Trinajstić information content (AvgIpc) is 3.52. The lowest BCUT2D eigenvalue weighted by Crippen LogP contribution is -2.76. The van der Waals surface area contributed by atoms with E-state index in [4.69, 9.17) is 34.7 Å². The average molecular weight is 793 g/mol. The number of pyridine rings is 1. The van der Waals surface area contributed by atoms with Gasteiger partial charge in [0.25, 0.3) is 17.9 Å². The van der Waals surface area contributed by atoms with Crippen molar-refractivity contribution in [1.29, 1.82) is 0 Å². The number of carboxylic acid groups (broad SMARTS) is 2. The maximum Gasteiger partial charge on any atom is 0.490 e. The second kappa shape index (κ2) is 16.1. The number of carbonyl (C=O) groups excluding carboxylic acids is 2. The van der Waals surface area contributed by atoms with Crippen LogP contribution in [0.2, 0.25) is 0 Å². The minimum absolute atomic E-state index is 0.0623. The number of hydrogen-bond acceptors (Lipinski definition) is 16. The Morgan fingerprint density at radius 3 is 2.38 bits per heavy atom. The summed E-state index contributed by atoms with van der Waals surface area (Å²) in [4.78, 5) is 62.7. The van der Waals surface area contributed by atoms with Crippen LogP contribution in [-0.2, 0) is 38.7 Å². The summed E-state index contributed by atoms with van der Waals surface area (Å²) in [6, 6.07) is 7.58. The molecule has 4 heterocycles. The van der Waals surface area contributed by atoms with Crippen molar-refractivity contribution in [3.63, 3.8) is 0 Å². The number of piperazine rings is 1. The standard InChI is InChI=1S/C26H30N8O10S2.C2HF3O2/c1-26(2)21(23(36)34(26)44-46(39,40)41)31-22(35)20(17-13-45-25(27)30-17)32-43-18(24(37)38)12-42-15-4-5-16-14(11-15)3-6-19(29-16)33-9-7-28-8-10-33;3-2(4,5)1(6)7/h3-6,11,13,18,21,28H,7-10,12H2,1-2H3,(H2,27,30)(H,31,35)(H,37,38)(H,39,40,41);(H,6,7)/b32-20-;/t18?,21-;/m1./s1. The molecule has 0 saturated carbocycles. The normalized spacial score (nSPS) is 18.0. The number of thiazole rings is 1. The fourth-order valence-corrected chi connectivity index (χ4v) is 5.71. The molecule has 1 aromatic carbocycles. The summed E-state index contributed by atoms with van der Waals surface area (Å²) < 4.78 is 72.8. The number of rotatable bonds is 12. The first kappa shape index (κ1) is 40.4. The highest BCUT2D eigenvalue weighted by Crippen LogP contribution is 2.33. The first-order valence-corrected chi connectivity index (χ1v) is 17.2. The number of aliphatic carboxylic acids is 2. The third-order valence-electron chi connectivity index (χ3n) is 7.38. The third-order valence-corrected chi connectivity index (χ3v) is 8.39. The van der Waals surface area contributed by atoms with Crippen molar-refractivity contribution < 1.29 is 69.4 Å². The number of nitrogen functional groups attached to an aromatic ring is 1. The highest BCUT2D eigenvalue weighted by atomic mass is 32.3. The van der Waals surface area contributed by atoms with Gasteiger partial charge in [-0.3, -0.25) is 14.1 Å². The highest BCUT2D eigenvalue weighted by Gasteiger charge is 2.58. The number of nitrogens with zero attached hydrogens (tertiary/aromatic N) is 5. The van der Waals surface area contributed by atoms with Gasteiger partial charge in [0.1, 0.15) is 29.9 Å². The number of amides is 2. The van der Waals surface area contributed by atoms with E-state index in [9.17, 15) is 41.1 Å². The molecule has 2 fully saturated rings.